The van der Waals surface area contributed by atoms with Crippen molar-refractivity contribution in [1.82, 2.24) is 9.88 Å². The van der Waals surface area contributed by atoms with Gasteiger partial charge in [0, 0.05) is 43.8 Å². The molecule has 24 heavy (non-hydrogen) atoms. The molecule has 2 aliphatic rings. The van der Waals surface area contributed by atoms with Crippen LogP contribution in [0.25, 0.3) is 10.9 Å². The SMILES string of the molecule is COP(=O)(OC)[C@@H]1CC(=O)N2CCc3c([nH]c4ccccc34)[C@@]12C. The summed E-state index contributed by atoms with van der Waals surface area (Å²) in [5.41, 5.74) is 1.95. The first-order valence-electron chi connectivity index (χ1n) is 8.07. The molecule has 2 atom stereocenters. The molecule has 0 spiro atoms. The zero-order valence-corrected chi connectivity index (χ0v) is 14.9. The van der Waals surface area contributed by atoms with Crippen LogP contribution in [0.2, 0.25) is 0 Å². The Balaban J connectivity index is 1.97. The van der Waals surface area contributed by atoms with Gasteiger partial charge in [0.25, 0.3) is 0 Å². The zero-order chi connectivity index (χ0) is 17.1. The monoisotopic (exact) mass is 348 g/mol. The predicted octanol–water partition coefficient (Wildman–Crippen LogP) is 3.03. The molecular formula is C17H21N2O4P. The summed E-state index contributed by atoms with van der Waals surface area (Å²) in [4.78, 5) is 17.9. The van der Waals surface area contributed by atoms with E-state index in [1.165, 1.54) is 19.8 Å². The van der Waals surface area contributed by atoms with E-state index in [1.807, 2.05) is 30.0 Å². The molecule has 0 aliphatic carbocycles. The average Bonchev–Trinajstić information content (AvgIpc) is 3.11. The second kappa shape index (κ2) is 5.19. The Kier molecular flexibility index (Phi) is 3.43. The van der Waals surface area contributed by atoms with Gasteiger partial charge < -0.3 is 18.9 Å². The van der Waals surface area contributed by atoms with Crippen LogP contribution in [0, 0.1) is 0 Å². The lowest BCUT2D eigenvalue weighted by Gasteiger charge is -2.43. The van der Waals surface area contributed by atoms with Gasteiger partial charge in [-0.05, 0) is 25.0 Å². The van der Waals surface area contributed by atoms with Crippen LogP contribution in [0.4, 0.5) is 0 Å². The Bertz CT molecular complexity index is 869. The molecule has 0 bridgehead atoms. The Hall–Kier alpha value is -1.62. The number of fused-ring (bicyclic) bond motifs is 5. The second-order valence-electron chi connectivity index (χ2n) is 6.59. The number of carbonyl (C=O) groups excluding carboxylic acids is 1. The van der Waals surface area contributed by atoms with Gasteiger partial charge >= 0.3 is 7.60 Å². The number of carbonyl (C=O) groups is 1. The van der Waals surface area contributed by atoms with E-state index in [2.05, 4.69) is 11.1 Å². The fourth-order valence-electron chi connectivity index (χ4n) is 4.44. The highest BCUT2D eigenvalue weighted by molar-refractivity contribution is 7.54. The van der Waals surface area contributed by atoms with E-state index in [0.29, 0.717) is 6.54 Å². The van der Waals surface area contributed by atoms with Crippen LogP contribution in [0.5, 0.6) is 0 Å². The number of aromatic nitrogens is 1. The maximum atomic E-state index is 13.1. The van der Waals surface area contributed by atoms with Gasteiger partial charge in [-0.3, -0.25) is 9.36 Å². The molecule has 0 unspecified atom stereocenters. The molecule has 1 aromatic carbocycles. The van der Waals surface area contributed by atoms with Crippen LogP contribution in [0.3, 0.4) is 0 Å². The third kappa shape index (κ3) is 1.85. The lowest BCUT2D eigenvalue weighted by atomic mass is 9.86. The van der Waals surface area contributed by atoms with Crippen LogP contribution in [-0.4, -0.2) is 42.2 Å². The van der Waals surface area contributed by atoms with E-state index in [1.54, 1.807) is 0 Å². The topological polar surface area (TPSA) is 71.6 Å². The first-order chi connectivity index (χ1) is 11.5. The number of H-pyrrole nitrogens is 1. The van der Waals surface area contributed by atoms with Gasteiger partial charge in [0.2, 0.25) is 5.91 Å². The molecule has 1 amide bonds. The smallest absolute Gasteiger partial charge is 0.336 e. The van der Waals surface area contributed by atoms with Crippen molar-refractivity contribution in [3.63, 3.8) is 0 Å². The quantitative estimate of drug-likeness (QED) is 0.866. The fourth-order valence-corrected chi connectivity index (χ4v) is 6.36. The van der Waals surface area contributed by atoms with Gasteiger partial charge in [0.15, 0.2) is 0 Å². The highest BCUT2D eigenvalue weighted by atomic mass is 31.2. The van der Waals surface area contributed by atoms with Crippen LogP contribution in [0.1, 0.15) is 24.6 Å². The van der Waals surface area contributed by atoms with E-state index in [4.69, 9.17) is 9.05 Å². The first kappa shape index (κ1) is 15.9. The van der Waals surface area contributed by atoms with Crippen LogP contribution >= 0.6 is 7.60 Å². The number of rotatable bonds is 3. The molecule has 7 heteroatoms. The third-order valence-corrected chi connectivity index (χ3v) is 8.14. The van der Waals surface area contributed by atoms with Crippen molar-refractivity contribution in [2.45, 2.75) is 31.0 Å². The molecule has 2 aromatic rings. The molecular weight excluding hydrogens is 327 g/mol. The summed E-state index contributed by atoms with van der Waals surface area (Å²) in [6.07, 6.45) is 0.960. The Morgan fingerprint density at radius 2 is 2.00 bits per heavy atom. The minimum Gasteiger partial charge on any atom is -0.356 e. The molecule has 2 aliphatic heterocycles. The molecule has 4 rings (SSSR count). The van der Waals surface area contributed by atoms with Crippen LogP contribution in [0.15, 0.2) is 24.3 Å². The molecule has 128 valence electrons. The summed E-state index contributed by atoms with van der Waals surface area (Å²) in [6, 6.07) is 8.11. The number of hydrogen-bond donors (Lipinski definition) is 1. The minimum atomic E-state index is -3.40. The zero-order valence-electron chi connectivity index (χ0n) is 14.0. The number of amides is 1. The first-order valence-corrected chi connectivity index (χ1v) is 9.68. The highest BCUT2D eigenvalue weighted by Crippen LogP contribution is 2.63. The van der Waals surface area contributed by atoms with Crippen molar-refractivity contribution >= 4 is 24.4 Å². The number of hydrogen-bond acceptors (Lipinski definition) is 4. The van der Waals surface area contributed by atoms with Crippen molar-refractivity contribution < 1.29 is 18.4 Å². The Labute approximate surface area is 140 Å². The Morgan fingerprint density at radius 1 is 1.29 bits per heavy atom. The van der Waals surface area contributed by atoms with Gasteiger partial charge in [-0.15, -0.1) is 0 Å². The summed E-state index contributed by atoms with van der Waals surface area (Å²) >= 11 is 0. The van der Waals surface area contributed by atoms with Crippen LogP contribution in [-0.2, 0) is 30.4 Å². The van der Waals surface area contributed by atoms with E-state index in [-0.39, 0.29) is 12.3 Å². The number of para-hydroxylation sites is 1. The molecule has 6 nitrogen and oxygen atoms in total. The third-order valence-electron chi connectivity index (χ3n) is 5.67. The summed E-state index contributed by atoms with van der Waals surface area (Å²) in [5.74, 6) is 0.00105. The fraction of sp³-hybridized carbons (Fsp3) is 0.471. The number of nitrogens with zero attached hydrogens (tertiary/aromatic N) is 1. The highest BCUT2D eigenvalue weighted by Gasteiger charge is 2.61. The normalized spacial score (nSPS) is 26.7. The van der Waals surface area contributed by atoms with E-state index < -0.39 is 18.8 Å². The molecule has 0 saturated carbocycles. The molecule has 1 fully saturated rings. The molecule has 1 aromatic heterocycles. The summed E-state index contributed by atoms with van der Waals surface area (Å²) in [5, 5.41) is 1.16. The minimum absolute atomic E-state index is 0.00105. The summed E-state index contributed by atoms with van der Waals surface area (Å²) in [7, 11) is -0.633. The van der Waals surface area contributed by atoms with Crippen molar-refractivity contribution in [2.75, 3.05) is 20.8 Å². The van der Waals surface area contributed by atoms with Gasteiger partial charge in [-0.1, -0.05) is 18.2 Å². The predicted molar refractivity (Wildman–Crippen MR) is 91.1 cm³/mol. The standard InChI is InChI=1S/C17H21N2O4P/c1-17-14(24(21,22-2)23-3)10-15(20)19(17)9-8-12-11-6-4-5-7-13(11)18-16(12)17/h4-7,14,18H,8-10H2,1-3H3/t14-,17-/m1/s1. The summed E-state index contributed by atoms with van der Waals surface area (Å²) in [6.45, 7) is 2.59. The van der Waals surface area contributed by atoms with Crippen molar-refractivity contribution in [2.24, 2.45) is 0 Å². The van der Waals surface area contributed by atoms with Gasteiger partial charge in [-0.2, -0.15) is 0 Å². The number of nitrogens with one attached hydrogen (secondary N) is 1. The second-order valence-corrected chi connectivity index (χ2v) is 9.03. The maximum Gasteiger partial charge on any atom is 0.336 e. The lowest BCUT2D eigenvalue weighted by Crippen LogP contribution is -2.50. The molecule has 1 saturated heterocycles. The number of benzene rings is 1. The van der Waals surface area contributed by atoms with E-state index in [9.17, 15) is 9.36 Å². The molecule has 0 radical (unpaired) electrons. The van der Waals surface area contributed by atoms with Gasteiger partial charge in [0.1, 0.15) is 0 Å². The van der Waals surface area contributed by atoms with Gasteiger partial charge in [0.05, 0.1) is 11.2 Å². The number of aromatic amines is 1. The van der Waals surface area contributed by atoms with Crippen molar-refractivity contribution in [3.8, 4) is 0 Å². The van der Waals surface area contributed by atoms with Crippen molar-refractivity contribution in [1.29, 1.82) is 0 Å². The lowest BCUT2D eigenvalue weighted by molar-refractivity contribution is -0.131. The average molecular weight is 348 g/mol. The van der Waals surface area contributed by atoms with Gasteiger partial charge in [-0.25, -0.2) is 0 Å². The van der Waals surface area contributed by atoms with E-state index >= 15 is 0 Å². The molecule has 3 heterocycles. The summed E-state index contributed by atoms with van der Waals surface area (Å²) < 4.78 is 23.7. The van der Waals surface area contributed by atoms with Crippen LogP contribution < -0.4 is 0 Å². The maximum absolute atomic E-state index is 13.1. The Morgan fingerprint density at radius 3 is 2.71 bits per heavy atom. The molecule has 1 N–H and O–H groups in total. The largest absolute Gasteiger partial charge is 0.356 e. The van der Waals surface area contributed by atoms with E-state index in [0.717, 1.165) is 23.0 Å². The van der Waals surface area contributed by atoms with Crippen molar-refractivity contribution in [3.05, 3.63) is 35.5 Å².